The molecular weight excluding hydrogens is 308 g/mol. The van der Waals surface area contributed by atoms with Gasteiger partial charge in [-0.05, 0) is 25.5 Å². The summed E-state index contributed by atoms with van der Waals surface area (Å²) in [5.74, 6) is 1.29. The van der Waals surface area contributed by atoms with Crippen molar-refractivity contribution in [2.24, 2.45) is 5.92 Å². The van der Waals surface area contributed by atoms with Crippen LogP contribution in [0.2, 0.25) is 0 Å². The van der Waals surface area contributed by atoms with E-state index in [2.05, 4.69) is 5.16 Å². The number of β-amino-alcohol motifs (C(OH)–C–C–N with tert-alkyl or cyclic N) is 1. The molecule has 2 atom stereocenters. The van der Waals surface area contributed by atoms with Crippen LogP contribution in [0.25, 0.3) is 0 Å². The van der Waals surface area contributed by atoms with Crippen molar-refractivity contribution in [1.82, 2.24) is 10.1 Å². The lowest BCUT2D eigenvalue weighted by molar-refractivity contribution is -0.132. The Kier molecular flexibility index (Phi) is 4.85. The lowest BCUT2D eigenvalue weighted by Gasteiger charge is -2.17. The molecule has 2 aromatic rings. The van der Waals surface area contributed by atoms with Crippen molar-refractivity contribution < 1.29 is 19.2 Å². The van der Waals surface area contributed by atoms with Crippen LogP contribution in [0.15, 0.2) is 34.9 Å². The number of carbonyl (C=O) groups is 1. The number of aryl methyl sites for hydroxylation is 2. The van der Waals surface area contributed by atoms with Gasteiger partial charge >= 0.3 is 0 Å². The highest BCUT2D eigenvalue weighted by Gasteiger charge is 2.34. The maximum Gasteiger partial charge on any atom is 0.260 e. The molecule has 6 heteroatoms. The van der Waals surface area contributed by atoms with Crippen LogP contribution in [-0.2, 0) is 11.2 Å². The van der Waals surface area contributed by atoms with Gasteiger partial charge in [-0.25, -0.2) is 0 Å². The number of rotatable bonds is 5. The number of benzene rings is 1. The van der Waals surface area contributed by atoms with Gasteiger partial charge in [0, 0.05) is 31.5 Å². The molecule has 1 aliphatic heterocycles. The average molecular weight is 330 g/mol. The van der Waals surface area contributed by atoms with Gasteiger partial charge in [0.25, 0.3) is 5.91 Å². The largest absolute Gasteiger partial charge is 0.484 e. The van der Waals surface area contributed by atoms with Crippen molar-refractivity contribution in [3.63, 3.8) is 0 Å². The molecule has 2 unspecified atom stereocenters. The molecule has 1 amide bonds. The van der Waals surface area contributed by atoms with E-state index in [1.165, 1.54) is 0 Å². The van der Waals surface area contributed by atoms with E-state index in [9.17, 15) is 9.90 Å². The Morgan fingerprint density at radius 2 is 2.17 bits per heavy atom. The molecule has 0 saturated carbocycles. The molecule has 1 N–H and O–H groups in total. The van der Waals surface area contributed by atoms with Crippen LogP contribution in [0.4, 0.5) is 0 Å². The smallest absolute Gasteiger partial charge is 0.260 e. The molecule has 1 aromatic carbocycles. The van der Waals surface area contributed by atoms with E-state index in [4.69, 9.17) is 9.26 Å². The number of hydrogen-bond donors (Lipinski definition) is 1. The van der Waals surface area contributed by atoms with Gasteiger partial charge in [0.1, 0.15) is 11.5 Å². The lowest BCUT2D eigenvalue weighted by Crippen LogP contribution is -2.33. The minimum absolute atomic E-state index is 0.0221. The zero-order chi connectivity index (χ0) is 17.1. The molecule has 1 fully saturated rings. The highest BCUT2D eigenvalue weighted by Crippen LogP contribution is 2.22. The molecule has 6 nitrogen and oxygen atoms in total. The van der Waals surface area contributed by atoms with Gasteiger partial charge in [-0.1, -0.05) is 23.4 Å². The van der Waals surface area contributed by atoms with E-state index in [1.807, 2.05) is 44.2 Å². The van der Waals surface area contributed by atoms with Crippen LogP contribution in [0.1, 0.15) is 17.0 Å². The van der Waals surface area contributed by atoms with Crippen LogP contribution >= 0.6 is 0 Å². The van der Waals surface area contributed by atoms with Crippen molar-refractivity contribution in [2.45, 2.75) is 26.4 Å². The van der Waals surface area contributed by atoms with Crippen molar-refractivity contribution in [2.75, 3.05) is 19.7 Å². The molecule has 24 heavy (non-hydrogen) atoms. The number of carbonyl (C=O) groups excluding carboxylic acids is 1. The summed E-state index contributed by atoms with van der Waals surface area (Å²) in [5, 5.41) is 14.1. The standard InChI is InChI=1S/C18H22N2O4/c1-12-5-3-4-6-17(12)23-11-18(22)20-9-14(16(21)10-20)8-15-7-13(2)19-24-15/h3-7,14,16,21H,8-11H2,1-2H3. The Morgan fingerprint density at radius 1 is 1.38 bits per heavy atom. The highest BCUT2D eigenvalue weighted by atomic mass is 16.5. The molecule has 0 aliphatic carbocycles. The van der Waals surface area contributed by atoms with Gasteiger partial charge in [0.05, 0.1) is 11.8 Å². The SMILES string of the molecule is Cc1cc(CC2CN(C(=O)COc3ccccc3C)CC2O)on1. The first-order valence-corrected chi connectivity index (χ1v) is 8.09. The van der Waals surface area contributed by atoms with E-state index in [0.29, 0.717) is 25.3 Å². The summed E-state index contributed by atoms with van der Waals surface area (Å²) in [6.45, 7) is 4.60. The number of nitrogens with zero attached hydrogens (tertiary/aromatic N) is 2. The number of ether oxygens (including phenoxy) is 1. The third-order valence-electron chi connectivity index (χ3n) is 4.34. The minimum atomic E-state index is -0.558. The fourth-order valence-electron chi connectivity index (χ4n) is 2.98. The fourth-order valence-corrected chi connectivity index (χ4v) is 2.98. The van der Waals surface area contributed by atoms with Gasteiger partial charge < -0.3 is 19.3 Å². The summed E-state index contributed by atoms with van der Waals surface area (Å²) in [7, 11) is 0. The molecule has 1 aliphatic rings. The monoisotopic (exact) mass is 330 g/mol. The summed E-state index contributed by atoms with van der Waals surface area (Å²) in [4.78, 5) is 14.0. The first-order valence-electron chi connectivity index (χ1n) is 8.09. The van der Waals surface area contributed by atoms with Crippen molar-refractivity contribution in [1.29, 1.82) is 0 Å². The zero-order valence-corrected chi connectivity index (χ0v) is 13.9. The Hall–Kier alpha value is -2.34. The third kappa shape index (κ3) is 3.76. The number of hydrogen-bond acceptors (Lipinski definition) is 5. The first kappa shape index (κ1) is 16.5. The van der Waals surface area contributed by atoms with Gasteiger partial charge in [0.2, 0.25) is 0 Å². The molecule has 1 saturated heterocycles. The Bertz CT molecular complexity index is 713. The first-order chi connectivity index (χ1) is 11.5. The van der Waals surface area contributed by atoms with E-state index in [0.717, 1.165) is 17.0 Å². The number of aliphatic hydroxyl groups is 1. The predicted molar refractivity (Wildman–Crippen MR) is 87.7 cm³/mol. The number of likely N-dealkylation sites (tertiary alicyclic amines) is 1. The maximum absolute atomic E-state index is 12.3. The quantitative estimate of drug-likeness (QED) is 0.903. The van der Waals surface area contributed by atoms with Crippen molar-refractivity contribution in [3.8, 4) is 5.75 Å². The number of amides is 1. The summed E-state index contributed by atoms with van der Waals surface area (Å²) < 4.78 is 10.8. The summed E-state index contributed by atoms with van der Waals surface area (Å²) >= 11 is 0. The summed E-state index contributed by atoms with van der Waals surface area (Å²) in [6.07, 6.45) is 0.0163. The highest BCUT2D eigenvalue weighted by molar-refractivity contribution is 5.78. The molecule has 2 heterocycles. The minimum Gasteiger partial charge on any atom is -0.484 e. The van der Waals surface area contributed by atoms with E-state index in [-0.39, 0.29) is 18.4 Å². The second kappa shape index (κ2) is 7.05. The molecule has 128 valence electrons. The number of aliphatic hydroxyl groups excluding tert-OH is 1. The second-order valence-corrected chi connectivity index (χ2v) is 6.32. The molecule has 0 radical (unpaired) electrons. The zero-order valence-electron chi connectivity index (χ0n) is 13.9. The average Bonchev–Trinajstić information content (AvgIpc) is 3.13. The third-order valence-corrected chi connectivity index (χ3v) is 4.34. The van der Waals surface area contributed by atoms with Gasteiger partial charge in [-0.15, -0.1) is 0 Å². The van der Waals surface area contributed by atoms with Crippen molar-refractivity contribution >= 4 is 5.91 Å². The van der Waals surface area contributed by atoms with E-state index < -0.39 is 6.10 Å². The van der Waals surface area contributed by atoms with E-state index >= 15 is 0 Å². The summed E-state index contributed by atoms with van der Waals surface area (Å²) in [6, 6.07) is 9.45. The molecule has 0 spiro atoms. The Balaban J connectivity index is 1.54. The number of aromatic nitrogens is 1. The molecule has 0 bridgehead atoms. The predicted octanol–water partition coefficient (Wildman–Crippen LogP) is 1.73. The van der Waals surface area contributed by atoms with Crippen LogP contribution in [-0.4, -0.2) is 46.9 Å². The molecular formula is C18H22N2O4. The van der Waals surface area contributed by atoms with Gasteiger partial charge in [-0.3, -0.25) is 4.79 Å². The topological polar surface area (TPSA) is 75.8 Å². The number of para-hydroxylation sites is 1. The van der Waals surface area contributed by atoms with Crippen LogP contribution in [0.3, 0.4) is 0 Å². The van der Waals surface area contributed by atoms with Gasteiger partial charge in [-0.2, -0.15) is 0 Å². The Morgan fingerprint density at radius 3 is 2.88 bits per heavy atom. The maximum atomic E-state index is 12.3. The molecule has 1 aromatic heterocycles. The Labute approximate surface area is 141 Å². The second-order valence-electron chi connectivity index (χ2n) is 6.32. The molecule has 3 rings (SSSR count). The lowest BCUT2D eigenvalue weighted by atomic mass is 10.0. The normalized spacial score (nSPS) is 20.4. The van der Waals surface area contributed by atoms with Crippen LogP contribution in [0, 0.1) is 19.8 Å². The summed E-state index contributed by atoms with van der Waals surface area (Å²) in [5.41, 5.74) is 1.81. The van der Waals surface area contributed by atoms with Crippen molar-refractivity contribution in [3.05, 3.63) is 47.3 Å². The van der Waals surface area contributed by atoms with Crippen LogP contribution < -0.4 is 4.74 Å². The van der Waals surface area contributed by atoms with E-state index in [1.54, 1.807) is 4.90 Å². The fraction of sp³-hybridized carbons (Fsp3) is 0.444. The van der Waals surface area contributed by atoms with Gasteiger partial charge in [0.15, 0.2) is 6.61 Å². The van der Waals surface area contributed by atoms with Crippen LogP contribution in [0.5, 0.6) is 5.75 Å².